The highest BCUT2D eigenvalue weighted by atomic mass is 16.1. The molecule has 1 atom stereocenters. The average molecular weight is 234 g/mol. The van der Waals surface area contributed by atoms with Gasteiger partial charge >= 0.3 is 0 Å². The monoisotopic (exact) mass is 234 g/mol. The van der Waals surface area contributed by atoms with Crippen LogP contribution in [0.2, 0.25) is 0 Å². The summed E-state index contributed by atoms with van der Waals surface area (Å²) in [5.41, 5.74) is 1.93. The Morgan fingerprint density at radius 2 is 1.65 bits per heavy atom. The molecule has 94 valence electrons. The highest BCUT2D eigenvalue weighted by Gasteiger charge is 2.06. The zero-order chi connectivity index (χ0) is 12.8. The molecule has 17 heavy (non-hydrogen) atoms. The molecule has 0 radical (unpaired) electrons. The normalized spacial score (nSPS) is 12.3. The van der Waals surface area contributed by atoms with Crippen LogP contribution in [0.1, 0.15) is 34.1 Å². The lowest BCUT2D eigenvalue weighted by Crippen LogP contribution is -2.17. The topological polar surface area (TPSA) is 41.1 Å². The molecule has 0 aliphatic carbocycles. The van der Waals surface area contributed by atoms with E-state index in [9.17, 15) is 4.79 Å². The summed E-state index contributed by atoms with van der Waals surface area (Å²) in [5.74, 6) is 0.0561. The molecule has 0 bridgehead atoms. The fourth-order valence-corrected chi connectivity index (χ4v) is 1.32. The maximum absolute atomic E-state index is 11.5. The van der Waals surface area contributed by atoms with Crippen molar-refractivity contribution >= 4 is 17.3 Å². The predicted molar refractivity (Wildman–Crippen MR) is 73.3 cm³/mol. The molecule has 1 aromatic carbocycles. The number of rotatable bonds is 5. The summed E-state index contributed by atoms with van der Waals surface area (Å²) in [7, 11) is 0. The molecular formula is C14H22N2O. The van der Waals surface area contributed by atoms with Crippen molar-refractivity contribution in [2.24, 2.45) is 5.92 Å². The van der Waals surface area contributed by atoms with Crippen LogP contribution in [0.3, 0.4) is 0 Å². The van der Waals surface area contributed by atoms with E-state index in [0.717, 1.165) is 17.8 Å². The van der Waals surface area contributed by atoms with Crippen molar-refractivity contribution in [2.75, 3.05) is 10.6 Å². The van der Waals surface area contributed by atoms with E-state index in [4.69, 9.17) is 0 Å². The van der Waals surface area contributed by atoms with Gasteiger partial charge < -0.3 is 10.6 Å². The fourth-order valence-electron chi connectivity index (χ4n) is 1.32. The average Bonchev–Trinajstić information content (AvgIpc) is 2.31. The molecule has 1 unspecified atom stereocenters. The molecule has 0 aliphatic heterocycles. The number of nitrogens with one attached hydrogen (secondary N) is 2. The van der Waals surface area contributed by atoms with E-state index in [2.05, 4.69) is 24.5 Å². The predicted octanol–water partition coefficient (Wildman–Crippen LogP) is 3.49. The summed E-state index contributed by atoms with van der Waals surface area (Å²) >= 11 is 0. The van der Waals surface area contributed by atoms with Crippen LogP contribution in [0.4, 0.5) is 11.4 Å². The minimum atomic E-state index is 0.00733. The summed E-state index contributed by atoms with van der Waals surface area (Å²) in [6, 6.07) is 8.28. The summed E-state index contributed by atoms with van der Waals surface area (Å²) in [6.45, 7) is 8.06. The largest absolute Gasteiger partial charge is 0.383 e. The molecule has 0 aromatic heterocycles. The van der Waals surface area contributed by atoms with Crippen LogP contribution >= 0.6 is 0 Å². The van der Waals surface area contributed by atoms with E-state index in [0.29, 0.717) is 6.04 Å². The molecule has 1 rings (SSSR count). The minimum absolute atomic E-state index is 0.00733. The SMILES string of the molecule is CCC(C)Nc1ccc(NC(=O)C(C)C)cc1. The van der Waals surface area contributed by atoms with Gasteiger partial charge in [0.05, 0.1) is 0 Å². The van der Waals surface area contributed by atoms with Crippen LogP contribution in [-0.4, -0.2) is 11.9 Å². The van der Waals surface area contributed by atoms with E-state index in [1.807, 2.05) is 38.1 Å². The Morgan fingerprint density at radius 1 is 1.12 bits per heavy atom. The smallest absolute Gasteiger partial charge is 0.226 e. The van der Waals surface area contributed by atoms with E-state index >= 15 is 0 Å². The molecule has 1 aromatic rings. The molecule has 0 saturated heterocycles. The van der Waals surface area contributed by atoms with Crippen LogP contribution in [0, 0.1) is 5.92 Å². The Hall–Kier alpha value is -1.51. The second kappa shape index (κ2) is 6.28. The van der Waals surface area contributed by atoms with E-state index in [1.165, 1.54) is 0 Å². The maximum atomic E-state index is 11.5. The molecule has 3 heteroatoms. The summed E-state index contributed by atoms with van der Waals surface area (Å²) < 4.78 is 0. The first kappa shape index (κ1) is 13.6. The molecular weight excluding hydrogens is 212 g/mol. The van der Waals surface area contributed by atoms with E-state index in [1.54, 1.807) is 0 Å². The first-order valence-corrected chi connectivity index (χ1v) is 6.20. The van der Waals surface area contributed by atoms with Gasteiger partial charge in [-0.2, -0.15) is 0 Å². The van der Waals surface area contributed by atoms with Crippen molar-refractivity contribution in [2.45, 2.75) is 40.2 Å². The first-order chi connectivity index (χ1) is 8.02. The standard InChI is InChI=1S/C14H22N2O/c1-5-11(4)15-12-6-8-13(9-7-12)16-14(17)10(2)3/h6-11,15H,5H2,1-4H3,(H,16,17). The van der Waals surface area contributed by atoms with Crippen molar-refractivity contribution in [1.29, 1.82) is 0 Å². The van der Waals surface area contributed by atoms with Crippen molar-refractivity contribution in [3.8, 4) is 0 Å². The van der Waals surface area contributed by atoms with E-state index < -0.39 is 0 Å². The van der Waals surface area contributed by atoms with Crippen molar-refractivity contribution < 1.29 is 4.79 Å². The van der Waals surface area contributed by atoms with Gasteiger partial charge in [0.1, 0.15) is 0 Å². The summed E-state index contributed by atoms with van der Waals surface area (Å²) in [4.78, 5) is 11.5. The molecule has 0 fully saturated rings. The van der Waals surface area contributed by atoms with Gasteiger partial charge in [0.15, 0.2) is 0 Å². The molecule has 0 heterocycles. The molecule has 2 N–H and O–H groups in total. The number of hydrogen-bond donors (Lipinski definition) is 2. The Bertz CT molecular complexity index is 357. The second-order valence-electron chi connectivity index (χ2n) is 4.67. The third-order valence-electron chi connectivity index (χ3n) is 2.70. The fraction of sp³-hybridized carbons (Fsp3) is 0.500. The third kappa shape index (κ3) is 4.47. The van der Waals surface area contributed by atoms with Gasteiger partial charge in [-0.25, -0.2) is 0 Å². The molecule has 0 aliphatic rings. The number of benzene rings is 1. The minimum Gasteiger partial charge on any atom is -0.383 e. The molecule has 0 spiro atoms. The molecule has 0 saturated carbocycles. The zero-order valence-electron chi connectivity index (χ0n) is 11.1. The van der Waals surface area contributed by atoms with Gasteiger partial charge in [-0.1, -0.05) is 20.8 Å². The lowest BCUT2D eigenvalue weighted by Gasteiger charge is -2.13. The Morgan fingerprint density at radius 3 is 2.12 bits per heavy atom. The Kier molecular flexibility index (Phi) is 5.01. The number of carbonyl (C=O) groups is 1. The van der Waals surface area contributed by atoms with E-state index in [-0.39, 0.29) is 11.8 Å². The first-order valence-electron chi connectivity index (χ1n) is 6.20. The third-order valence-corrected chi connectivity index (χ3v) is 2.70. The van der Waals surface area contributed by atoms with Crippen LogP contribution in [0.5, 0.6) is 0 Å². The van der Waals surface area contributed by atoms with Crippen LogP contribution < -0.4 is 10.6 Å². The lowest BCUT2D eigenvalue weighted by atomic mass is 10.2. The van der Waals surface area contributed by atoms with Gasteiger partial charge in [-0.15, -0.1) is 0 Å². The lowest BCUT2D eigenvalue weighted by molar-refractivity contribution is -0.118. The molecule has 1 amide bonds. The van der Waals surface area contributed by atoms with Crippen molar-refractivity contribution in [3.63, 3.8) is 0 Å². The second-order valence-corrected chi connectivity index (χ2v) is 4.67. The van der Waals surface area contributed by atoms with Crippen molar-refractivity contribution in [3.05, 3.63) is 24.3 Å². The van der Waals surface area contributed by atoms with Gasteiger partial charge in [-0.3, -0.25) is 4.79 Å². The maximum Gasteiger partial charge on any atom is 0.226 e. The number of carbonyl (C=O) groups excluding carboxylic acids is 1. The Balaban J connectivity index is 2.59. The number of hydrogen-bond acceptors (Lipinski definition) is 2. The zero-order valence-corrected chi connectivity index (χ0v) is 11.1. The van der Waals surface area contributed by atoms with Crippen LogP contribution in [-0.2, 0) is 4.79 Å². The van der Waals surface area contributed by atoms with Gasteiger partial charge in [0.25, 0.3) is 0 Å². The highest BCUT2D eigenvalue weighted by Crippen LogP contribution is 2.15. The van der Waals surface area contributed by atoms with Gasteiger partial charge in [0.2, 0.25) is 5.91 Å². The number of anilines is 2. The van der Waals surface area contributed by atoms with Crippen LogP contribution in [0.25, 0.3) is 0 Å². The van der Waals surface area contributed by atoms with Gasteiger partial charge in [0, 0.05) is 23.3 Å². The number of amides is 1. The highest BCUT2D eigenvalue weighted by molar-refractivity contribution is 5.92. The quantitative estimate of drug-likeness (QED) is 0.818. The summed E-state index contributed by atoms with van der Waals surface area (Å²) in [5, 5.41) is 6.25. The Labute approximate surface area is 104 Å². The summed E-state index contributed by atoms with van der Waals surface area (Å²) in [6.07, 6.45) is 1.09. The molecule has 3 nitrogen and oxygen atoms in total. The van der Waals surface area contributed by atoms with Gasteiger partial charge in [-0.05, 0) is 37.6 Å². The van der Waals surface area contributed by atoms with Crippen LogP contribution in [0.15, 0.2) is 24.3 Å². The van der Waals surface area contributed by atoms with Crippen molar-refractivity contribution in [1.82, 2.24) is 0 Å².